The van der Waals surface area contributed by atoms with Crippen molar-refractivity contribution in [1.82, 2.24) is 0 Å². The maximum atomic E-state index is 12.8. The minimum atomic E-state index is -0.805. The second kappa shape index (κ2) is 7.07. The Hall–Kier alpha value is -3.02. The fraction of sp³-hybridized carbons (Fsp3) is 0.300. The van der Waals surface area contributed by atoms with Gasteiger partial charge in [-0.25, -0.2) is 0 Å². The van der Waals surface area contributed by atoms with Gasteiger partial charge in [0.1, 0.15) is 23.3 Å². The molecule has 1 aliphatic heterocycles. The summed E-state index contributed by atoms with van der Waals surface area (Å²) in [6, 6.07) is 9.65. The van der Waals surface area contributed by atoms with Gasteiger partial charge in [0.05, 0.1) is 12.2 Å². The average molecular weight is 355 g/mol. The predicted octanol–water partition coefficient (Wildman–Crippen LogP) is 3.87. The van der Waals surface area contributed by atoms with Crippen LogP contribution in [0.5, 0.6) is 5.75 Å². The van der Waals surface area contributed by atoms with Crippen LogP contribution in [-0.2, 0) is 9.59 Å². The van der Waals surface area contributed by atoms with Crippen molar-refractivity contribution in [3.63, 3.8) is 0 Å². The summed E-state index contributed by atoms with van der Waals surface area (Å²) in [6.07, 6.45) is 0.176. The van der Waals surface area contributed by atoms with Gasteiger partial charge in [0.15, 0.2) is 11.5 Å². The number of aliphatic hydroxyl groups is 1. The maximum absolute atomic E-state index is 12.8. The second-order valence-electron chi connectivity index (χ2n) is 6.00. The van der Waals surface area contributed by atoms with Crippen molar-refractivity contribution >= 4 is 17.4 Å². The Bertz CT molecular complexity index is 880. The Balaban J connectivity index is 2.13. The number of aliphatic hydroxyl groups excluding tert-OH is 1. The van der Waals surface area contributed by atoms with E-state index in [4.69, 9.17) is 9.15 Å². The van der Waals surface area contributed by atoms with Gasteiger partial charge in [-0.3, -0.25) is 14.5 Å². The molecule has 0 bridgehead atoms. The highest BCUT2D eigenvalue weighted by Crippen LogP contribution is 2.42. The van der Waals surface area contributed by atoms with Gasteiger partial charge in [-0.2, -0.15) is 0 Å². The van der Waals surface area contributed by atoms with Crippen molar-refractivity contribution in [2.75, 3.05) is 11.5 Å². The number of Topliss-reactive ketones (excluding diaryl/α,β-unsaturated/α-hetero) is 1. The number of aryl methyl sites for hydroxylation is 1. The monoisotopic (exact) mass is 355 g/mol. The van der Waals surface area contributed by atoms with E-state index < -0.39 is 17.7 Å². The highest BCUT2D eigenvalue weighted by molar-refractivity contribution is 6.16. The Morgan fingerprint density at radius 3 is 2.65 bits per heavy atom. The molecular weight excluding hydrogens is 334 g/mol. The first-order chi connectivity index (χ1) is 12.5. The molecule has 0 aliphatic carbocycles. The Kier molecular flexibility index (Phi) is 4.84. The second-order valence-corrected chi connectivity index (χ2v) is 6.00. The Morgan fingerprint density at radius 2 is 2.04 bits per heavy atom. The van der Waals surface area contributed by atoms with Gasteiger partial charge in [0.25, 0.3) is 5.91 Å². The van der Waals surface area contributed by atoms with E-state index >= 15 is 0 Å². The number of nitrogens with zero attached hydrogens (tertiary/aromatic N) is 1. The van der Waals surface area contributed by atoms with Crippen LogP contribution < -0.4 is 9.64 Å². The minimum Gasteiger partial charge on any atom is -0.503 e. The van der Waals surface area contributed by atoms with E-state index in [1.54, 1.807) is 50.2 Å². The molecule has 0 fully saturated rings. The first-order valence-electron chi connectivity index (χ1n) is 8.57. The number of hydrogen-bond donors (Lipinski definition) is 1. The molecule has 1 aromatic heterocycles. The van der Waals surface area contributed by atoms with Crippen LogP contribution in [0.1, 0.15) is 37.8 Å². The molecule has 1 amide bonds. The summed E-state index contributed by atoms with van der Waals surface area (Å²) < 4.78 is 11.2. The molecule has 0 radical (unpaired) electrons. The van der Waals surface area contributed by atoms with E-state index in [0.717, 1.165) is 0 Å². The third-order valence-electron chi connectivity index (χ3n) is 4.27. The van der Waals surface area contributed by atoms with Crippen LogP contribution in [0.2, 0.25) is 0 Å². The highest BCUT2D eigenvalue weighted by Gasteiger charge is 2.45. The average Bonchev–Trinajstić information content (AvgIpc) is 3.17. The van der Waals surface area contributed by atoms with Crippen LogP contribution in [-0.4, -0.2) is 23.4 Å². The van der Waals surface area contributed by atoms with Crippen molar-refractivity contribution in [1.29, 1.82) is 0 Å². The van der Waals surface area contributed by atoms with Crippen LogP contribution in [0.4, 0.5) is 5.69 Å². The summed E-state index contributed by atoms with van der Waals surface area (Å²) >= 11 is 0. The van der Waals surface area contributed by atoms with Gasteiger partial charge in [0.2, 0.25) is 0 Å². The maximum Gasteiger partial charge on any atom is 0.294 e. The molecule has 1 atom stereocenters. The van der Waals surface area contributed by atoms with Crippen molar-refractivity contribution in [3.05, 3.63) is 59.3 Å². The number of ketones is 1. The first kappa shape index (κ1) is 17.8. The standard InChI is InChI=1S/C20H21NO5/c1-4-15(22)17-18(16-10-9-12(3)26-16)21(20(24)19(17)23)13-7-6-8-14(11-13)25-5-2/h6-11,18,23H,4-5H2,1-3H3. The number of rotatable bonds is 6. The smallest absolute Gasteiger partial charge is 0.294 e. The molecular formula is C20H21NO5. The van der Waals surface area contributed by atoms with Crippen molar-refractivity contribution in [3.8, 4) is 5.75 Å². The minimum absolute atomic E-state index is 0.0636. The number of ether oxygens (including phenoxy) is 1. The third-order valence-corrected chi connectivity index (χ3v) is 4.27. The fourth-order valence-electron chi connectivity index (χ4n) is 3.11. The van der Waals surface area contributed by atoms with Crippen LogP contribution in [0, 0.1) is 6.92 Å². The summed E-state index contributed by atoms with van der Waals surface area (Å²) in [5.74, 6) is 0.233. The van der Waals surface area contributed by atoms with Crippen LogP contribution in [0.25, 0.3) is 0 Å². The molecule has 1 unspecified atom stereocenters. The number of carbonyl (C=O) groups excluding carboxylic acids is 2. The summed E-state index contributed by atoms with van der Waals surface area (Å²) in [6.45, 7) is 5.83. The van der Waals surface area contributed by atoms with Crippen LogP contribution in [0.15, 0.2) is 52.1 Å². The quantitative estimate of drug-likeness (QED) is 0.851. The molecule has 6 nitrogen and oxygen atoms in total. The zero-order valence-electron chi connectivity index (χ0n) is 15.0. The van der Waals surface area contributed by atoms with Crippen molar-refractivity contribution < 1.29 is 23.8 Å². The zero-order chi connectivity index (χ0) is 18.8. The first-order valence-corrected chi connectivity index (χ1v) is 8.57. The SMILES string of the molecule is CCOc1cccc(N2C(=O)C(O)=C(C(=O)CC)C2c2ccc(C)o2)c1. The van der Waals surface area contributed by atoms with Crippen LogP contribution in [0.3, 0.4) is 0 Å². The number of benzene rings is 1. The molecule has 6 heteroatoms. The summed E-state index contributed by atoms with van der Waals surface area (Å²) in [5.41, 5.74) is 0.583. The van der Waals surface area contributed by atoms with Crippen LogP contribution >= 0.6 is 0 Å². The zero-order valence-corrected chi connectivity index (χ0v) is 15.0. The number of hydrogen-bond acceptors (Lipinski definition) is 5. The van der Waals surface area contributed by atoms with Crippen molar-refractivity contribution in [2.24, 2.45) is 0 Å². The Labute approximate surface area is 151 Å². The third kappa shape index (κ3) is 2.98. The molecule has 1 aromatic carbocycles. The Morgan fingerprint density at radius 1 is 1.27 bits per heavy atom. The van der Waals surface area contributed by atoms with Gasteiger partial charge in [-0.05, 0) is 38.1 Å². The normalized spacial score (nSPS) is 17.1. The highest BCUT2D eigenvalue weighted by atomic mass is 16.5. The lowest BCUT2D eigenvalue weighted by Crippen LogP contribution is -2.30. The molecule has 2 heterocycles. The number of anilines is 1. The van der Waals surface area contributed by atoms with E-state index in [1.165, 1.54) is 4.90 Å². The van der Waals surface area contributed by atoms with E-state index in [-0.39, 0.29) is 17.8 Å². The van der Waals surface area contributed by atoms with Gasteiger partial charge in [-0.1, -0.05) is 13.0 Å². The lowest BCUT2D eigenvalue weighted by Gasteiger charge is -2.25. The van der Waals surface area contributed by atoms with Gasteiger partial charge >= 0.3 is 0 Å². The van der Waals surface area contributed by atoms with Gasteiger partial charge < -0.3 is 14.3 Å². The van der Waals surface area contributed by atoms with Gasteiger partial charge in [-0.15, -0.1) is 0 Å². The topological polar surface area (TPSA) is 80.0 Å². The van der Waals surface area contributed by atoms with E-state index in [0.29, 0.717) is 29.6 Å². The summed E-state index contributed by atoms with van der Waals surface area (Å²) in [5, 5.41) is 10.4. The largest absolute Gasteiger partial charge is 0.503 e. The lowest BCUT2D eigenvalue weighted by molar-refractivity contribution is -0.118. The van der Waals surface area contributed by atoms with E-state index in [1.807, 2.05) is 6.92 Å². The molecule has 0 saturated carbocycles. The molecule has 0 spiro atoms. The number of furan rings is 1. The predicted molar refractivity (Wildman–Crippen MR) is 96.2 cm³/mol. The number of amides is 1. The number of carbonyl (C=O) groups is 2. The molecule has 3 rings (SSSR count). The molecule has 0 saturated heterocycles. The molecule has 136 valence electrons. The summed E-state index contributed by atoms with van der Waals surface area (Å²) in [4.78, 5) is 26.6. The molecule has 26 heavy (non-hydrogen) atoms. The van der Waals surface area contributed by atoms with E-state index in [9.17, 15) is 14.7 Å². The molecule has 1 N–H and O–H groups in total. The van der Waals surface area contributed by atoms with Crippen molar-refractivity contribution in [2.45, 2.75) is 33.2 Å². The lowest BCUT2D eigenvalue weighted by atomic mass is 9.99. The summed E-state index contributed by atoms with van der Waals surface area (Å²) in [7, 11) is 0. The molecule has 2 aromatic rings. The van der Waals surface area contributed by atoms with E-state index in [2.05, 4.69) is 0 Å². The van der Waals surface area contributed by atoms with Gasteiger partial charge in [0, 0.05) is 18.2 Å². The fourth-order valence-corrected chi connectivity index (χ4v) is 3.11. The molecule has 1 aliphatic rings.